The first kappa shape index (κ1) is 51.9. The van der Waals surface area contributed by atoms with Crippen LogP contribution in [0.2, 0.25) is 0 Å². The molecule has 2 aromatic rings. The van der Waals surface area contributed by atoms with Gasteiger partial charge in [-0.2, -0.15) is 0 Å². The first-order chi connectivity index (χ1) is 22.5. The van der Waals surface area contributed by atoms with Crippen LogP contribution in [-0.4, -0.2) is 75.5 Å². The van der Waals surface area contributed by atoms with Gasteiger partial charge in [0.05, 0.1) is 31.0 Å². The Bertz CT molecular complexity index is 2300. The molecule has 0 aliphatic carbocycles. The third-order valence-corrected chi connectivity index (χ3v) is 9.55. The van der Waals surface area contributed by atoms with Gasteiger partial charge < -0.3 is 18.2 Å². The van der Waals surface area contributed by atoms with E-state index in [0.717, 1.165) is 12.2 Å². The minimum Gasteiger partial charge on any atom is -0.744 e. The molecule has 2 aliphatic rings. The first-order valence-corrected chi connectivity index (χ1v) is 18.3. The van der Waals surface area contributed by atoms with Gasteiger partial charge in [0.1, 0.15) is 52.0 Å². The van der Waals surface area contributed by atoms with E-state index in [1.807, 2.05) is 5.43 Å². The molecule has 2 fully saturated rings. The Labute approximate surface area is 390 Å². The van der Waals surface area contributed by atoms with Gasteiger partial charge in [-0.1, -0.05) is 36.5 Å². The standard InChI is InChI=1S/C25H20N4O16S4.4Na/c30-22-20(24(32)28(26-22)14-8-16(46(34,35)36)12-17(9-14)47(37,38)39)6-4-2-1-3-5-7-21-23(31)27-29(25(21)33)15-10-18(48(40,41)42)13-19(11-15)49(43,44)45;;;;/h1-13,20H,(H,26,30)(H,27,31)(H,34,35,36)(H,37,38,39)(H,40,41,42)(H,43,44,45);;;;/q;4*+1/p-4/b2-1+,5-3+,6-4+,21-7-;;;;. The number of nitrogens with zero attached hydrogens (tertiary/aromatic N) is 2. The van der Waals surface area contributed by atoms with Gasteiger partial charge in [0.15, 0.2) is 0 Å². The molecule has 2 aliphatic heterocycles. The van der Waals surface area contributed by atoms with Crippen LogP contribution < -0.4 is 139 Å². The van der Waals surface area contributed by atoms with Crippen LogP contribution in [-0.2, 0) is 59.7 Å². The fourth-order valence-corrected chi connectivity index (χ4v) is 6.37. The zero-order valence-corrected chi connectivity index (χ0v) is 38.9. The third-order valence-electron chi connectivity index (χ3n) is 6.29. The molecule has 4 amide bonds. The number of anilines is 2. The molecule has 0 radical (unpaired) electrons. The maximum absolute atomic E-state index is 12.8. The summed E-state index contributed by atoms with van der Waals surface area (Å²) >= 11 is 0. The Hall–Kier alpha value is -1.08. The molecule has 0 aromatic heterocycles. The van der Waals surface area contributed by atoms with E-state index in [1.165, 1.54) is 30.4 Å². The number of rotatable bonds is 10. The minimum absolute atomic E-state index is 0. The van der Waals surface area contributed by atoms with Crippen molar-refractivity contribution in [3.05, 3.63) is 84.5 Å². The van der Waals surface area contributed by atoms with Gasteiger partial charge in [0.25, 0.3) is 23.6 Å². The van der Waals surface area contributed by atoms with Crippen LogP contribution in [0.3, 0.4) is 0 Å². The molecule has 53 heavy (non-hydrogen) atoms. The molecule has 2 aromatic carbocycles. The number of carbonyl (C=O) groups excluding carboxylic acids is 4. The molecular weight excluding hydrogens is 833 g/mol. The molecule has 0 saturated carbocycles. The van der Waals surface area contributed by atoms with Crippen molar-refractivity contribution < 1.29 is 189 Å². The second-order valence-electron chi connectivity index (χ2n) is 9.59. The zero-order chi connectivity index (χ0) is 36.7. The van der Waals surface area contributed by atoms with Crippen molar-refractivity contribution in [2.45, 2.75) is 19.6 Å². The van der Waals surface area contributed by atoms with Crippen LogP contribution in [0.1, 0.15) is 0 Å². The summed E-state index contributed by atoms with van der Waals surface area (Å²) in [5.74, 6) is -5.69. The van der Waals surface area contributed by atoms with Gasteiger partial charge in [-0.05, 0) is 42.5 Å². The molecule has 2 N–H and O–H groups in total. The van der Waals surface area contributed by atoms with Crippen LogP contribution in [0, 0.1) is 5.92 Å². The van der Waals surface area contributed by atoms with Crippen molar-refractivity contribution in [2.75, 3.05) is 10.0 Å². The van der Waals surface area contributed by atoms with E-state index in [0.29, 0.717) is 46.4 Å². The fraction of sp³-hybridized carbons (Fsp3) is 0.0400. The van der Waals surface area contributed by atoms with Crippen molar-refractivity contribution in [2.24, 2.45) is 5.92 Å². The van der Waals surface area contributed by atoms with Gasteiger partial charge in [-0.15, -0.1) is 0 Å². The fourth-order valence-electron chi connectivity index (χ4n) is 4.07. The Morgan fingerprint density at radius 3 is 1.32 bits per heavy atom. The Kier molecular flexibility index (Phi) is 19.5. The zero-order valence-electron chi connectivity index (χ0n) is 27.6. The molecule has 0 bridgehead atoms. The minimum atomic E-state index is -5.29. The van der Waals surface area contributed by atoms with Crippen LogP contribution in [0.15, 0.2) is 104 Å². The summed E-state index contributed by atoms with van der Waals surface area (Å²) in [5.41, 5.74) is 2.31. The van der Waals surface area contributed by atoms with Gasteiger partial charge >= 0.3 is 118 Å². The summed E-state index contributed by atoms with van der Waals surface area (Å²) in [6, 6.07) is 2.90. The maximum Gasteiger partial charge on any atom is 1.00 e. The monoisotopic (exact) mass is 848 g/mol. The van der Waals surface area contributed by atoms with Crippen LogP contribution in [0.4, 0.5) is 11.4 Å². The number of amides is 4. The molecule has 28 heteroatoms. The molecule has 4 rings (SSSR count). The van der Waals surface area contributed by atoms with Crippen molar-refractivity contribution >= 4 is 75.5 Å². The number of benzene rings is 2. The maximum atomic E-state index is 12.8. The van der Waals surface area contributed by atoms with Crippen molar-refractivity contribution in [3.8, 4) is 0 Å². The summed E-state index contributed by atoms with van der Waals surface area (Å²) in [5, 5.41) is 0.854. The number of hydrogen-bond donors (Lipinski definition) is 2. The summed E-state index contributed by atoms with van der Waals surface area (Å²) < 4.78 is 137. The van der Waals surface area contributed by atoms with E-state index in [-0.39, 0.29) is 118 Å². The molecule has 0 spiro atoms. The van der Waals surface area contributed by atoms with E-state index in [1.54, 1.807) is 0 Å². The molecular formula is C25H16N4Na4O16S4. The SMILES string of the molecule is O=C1NN(c2cc(S(=O)(=O)[O-])cc(S(=O)(=O)[O-])c2)C(=O)\C1=C/C=C/C=C/C=C/C1C(=O)NN(c2cc(S(=O)(=O)[O-])cc(S(=O)(=O)[O-])c2)C1=O.[Na+].[Na+].[Na+].[Na+]. The van der Waals surface area contributed by atoms with Crippen LogP contribution in [0.5, 0.6) is 0 Å². The summed E-state index contributed by atoms with van der Waals surface area (Å²) in [6.07, 6.45) is 8.24. The second kappa shape index (κ2) is 19.9. The first-order valence-electron chi connectivity index (χ1n) is 12.6. The van der Waals surface area contributed by atoms with Crippen molar-refractivity contribution in [1.82, 2.24) is 10.9 Å². The van der Waals surface area contributed by atoms with E-state index in [4.69, 9.17) is 0 Å². The predicted octanol–water partition coefficient (Wildman–Crippen LogP) is -14.0. The van der Waals surface area contributed by atoms with E-state index in [9.17, 15) is 71.1 Å². The average Bonchev–Trinajstić information content (AvgIpc) is 3.43. The van der Waals surface area contributed by atoms with Crippen LogP contribution >= 0.6 is 0 Å². The number of allylic oxidation sites excluding steroid dienone is 6. The number of hydrazine groups is 2. The summed E-state index contributed by atoms with van der Waals surface area (Å²) in [4.78, 5) is 45.7. The van der Waals surface area contributed by atoms with E-state index >= 15 is 0 Å². The Morgan fingerprint density at radius 2 is 0.906 bits per heavy atom. The summed E-state index contributed by atoms with van der Waals surface area (Å²) in [7, 11) is -21.2. The van der Waals surface area contributed by atoms with Gasteiger partial charge in [0.2, 0.25) is 0 Å². The van der Waals surface area contributed by atoms with E-state index < -0.39 is 107 Å². The number of hydrogen-bond acceptors (Lipinski definition) is 16. The number of carbonyl (C=O) groups is 4. The quantitative estimate of drug-likeness (QED) is 0.0560. The second-order valence-corrected chi connectivity index (χ2v) is 15.1. The Balaban J connectivity index is 0.00000676. The van der Waals surface area contributed by atoms with Crippen LogP contribution in [0.25, 0.3) is 0 Å². The molecule has 1 unspecified atom stereocenters. The smallest absolute Gasteiger partial charge is 0.744 e. The molecule has 1 atom stereocenters. The molecule has 20 nitrogen and oxygen atoms in total. The normalized spacial score (nSPS) is 17.4. The predicted molar refractivity (Wildman–Crippen MR) is 155 cm³/mol. The molecule has 260 valence electrons. The Morgan fingerprint density at radius 1 is 0.528 bits per heavy atom. The van der Waals surface area contributed by atoms with Crippen molar-refractivity contribution in [1.29, 1.82) is 0 Å². The average molecular weight is 849 g/mol. The third kappa shape index (κ3) is 13.0. The van der Waals surface area contributed by atoms with E-state index in [2.05, 4.69) is 5.43 Å². The largest absolute Gasteiger partial charge is 1.00 e. The summed E-state index contributed by atoms with van der Waals surface area (Å²) in [6.45, 7) is 0. The van der Waals surface area contributed by atoms with Gasteiger partial charge in [0, 0.05) is 0 Å². The molecule has 2 saturated heterocycles. The molecule has 2 heterocycles. The van der Waals surface area contributed by atoms with Gasteiger partial charge in [-0.3, -0.25) is 30.0 Å². The van der Waals surface area contributed by atoms with Gasteiger partial charge in [-0.25, -0.2) is 43.7 Å². The van der Waals surface area contributed by atoms with Crippen molar-refractivity contribution in [3.63, 3.8) is 0 Å². The topological polar surface area (TPSA) is 328 Å². The number of nitrogens with one attached hydrogen (secondary N) is 2.